The van der Waals surface area contributed by atoms with Crippen LogP contribution in [0.1, 0.15) is 0 Å². The molecule has 0 amide bonds. The van der Waals surface area contributed by atoms with Gasteiger partial charge in [-0.2, -0.15) is 0 Å². The van der Waals surface area contributed by atoms with Crippen LogP contribution in [0.4, 0.5) is 0 Å². The number of hydrogen-bond donors (Lipinski definition) is 0. The Morgan fingerprint density at radius 3 is 2.47 bits per heavy atom. The molecule has 0 aliphatic carbocycles. The molecule has 0 saturated carbocycles. The van der Waals surface area contributed by atoms with Crippen LogP contribution in [0, 0.1) is 0 Å². The van der Waals surface area contributed by atoms with Crippen molar-refractivity contribution in [3.8, 4) is 11.4 Å². The zero-order chi connectivity index (χ0) is 11.7. The first-order valence-corrected chi connectivity index (χ1v) is 5.98. The van der Waals surface area contributed by atoms with E-state index in [4.69, 9.17) is 0 Å². The Morgan fingerprint density at radius 1 is 0.824 bits per heavy atom. The molecule has 3 nitrogen and oxygen atoms in total. The smallest absolute Gasteiger partial charge is 0.182 e. The lowest BCUT2D eigenvalue weighted by Crippen LogP contribution is -1.93. The maximum absolute atomic E-state index is 4.50. The van der Waals surface area contributed by atoms with E-state index in [2.05, 4.69) is 31.1 Å². The van der Waals surface area contributed by atoms with Gasteiger partial charge in [-0.3, -0.25) is 0 Å². The number of halogens is 1. The highest BCUT2D eigenvalue weighted by molar-refractivity contribution is 9.10. The van der Waals surface area contributed by atoms with Crippen LogP contribution >= 0.6 is 15.9 Å². The summed E-state index contributed by atoms with van der Waals surface area (Å²) in [5.41, 5.74) is 2.61. The van der Waals surface area contributed by atoms with Gasteiger partial charge in [0, 0.05) is 10.0 Å². The molecular weight excluding hydrogens is 278 g/mol. The van der Waals surface area contributed by atoms with E-state index in [0.29, 0.717) is 5.82 Å². The van der Waals surface area contributed by atoms with Gasteiger partial charge in [0.2, 0.25) is 0 Å². The summed E-state index contributed by atoms with van der Waals surface area (Å²) >= 11 is 3.43. The third kappa shape index (κ3) is 2.03. The van der Waals surface area contributed by atoms with E-state index in [9.17, 15) is 0 Å². The van der Waals surface area contributed by atoms with Gasteiger partial charge in [-0.1, -0.05) is 46.3 Å². The predicted octanol–water partition coefficient (Wildman–Crippen LogP) is 3.45. The number of hydrogen-bond acceptors (Lipinski definition) is 3. The van der Waals surface area contributed by atoms with Crippen molar-refractivity contribution < 1.29 is 0 Å². The van der Waals surface area contributed by atoms with Gasteiger partial charge in [-0.05, 0) is 18.2 Å². The van der Waals surface area contributed by atoms with Crippen molar-refractivity contribution >= 4 is 27.0 Å². The summed E-state index contributed by atoms with van der Waals surface area (Å²) in [6, 6.07) is 15.6. The largest absolute Gasteiger partial charge is 0.225 e. The van der Waals surface area contributed by atoms with Gasteiger partial charge >= 0.3 is 0 Å². The van der Waals surface area contributed by atoms with Crippen molar-refractivity contribution in [1.82, 2.24) is 15.2 Å². The minimum absolute atomic E-state index is 0.649. The highest BCUT2D eigenvalue weighted by Crippen LogP contribution is 2.19. The summed E-state index contributed by atoms with van der Waals surface area (Å²) in [4.78, 5) is 4.50. The molecule has 0 unspecified atom stereocenters. The molecule has 0 atom stereocenters. The van der Waals surface area contributed by atoms with E-state index in [1.54, 1.807) is 0 Å². The van der Waals surface area contributed by atoms with E-state index in [-0.39, 0.29) is 0 Å². The lowest BCUT2D eigenvalue weighted by Gasteiger charge is -2.01. The van der Waals surface area contributed by atoms with Crippen LogP contribution in [0.2, 0.25) is 0 Å². The van der Waals surface area contributed by atoms with Gasteiger partial charge in [0.15, 0.2) is 5.82 Å². The fourth-order valence-corrected chi connectivity index (χ4v) is 1.97. The summed E-state index contributed by atoms with van der Waals surface area (Å²) in [7, 11) is 0. The molecule has 3 rings (SSSR count). The average Bonchev–Trinajstić information content (AvgIpc) is 2.39. The maximum atomic E-state index is 4.50. The van der Waals surface area contributed by atoms with Crippen LogP contribution < -0.4 is 0 Å². The van der Waals surface area contributed by atoms with Gasteiger partial charge in [0.05, 0.1) is 5.52 Å². The second-order valence-electron chi connectivity index (χ2n) is 3.63. The summed E-state index contributed by atoms with van der Waals surface area (Å²) in [5.74, 6) is 0.649. The summed E-state index contributed by atoms with van der Waals surface area (Å²) in [6.07, 6.45) is 0. The van der Waals surface area contributed by atoms with Crippen LogP contribution in [-0.4, -0.2) is 15.2 Å². The zero-order valence-corrected chi connectivity index (χ0v) is 10.4. The van der Waals surface area contributed by atoms with E-state index >= 15 is 0 Å². The molecule has 0 spiro atoms. The van der Waals surface area contributed by atoms with E-state index in [1.807, 2.05) is 48.5 Å². The molecule has 1 aromatic heterocycles. The lowest BCUT2D eigenvalue weighted by molar-refractivity contribution is 1.03. The molecule has 0 bridgehead atoms. The first-order chi connectivity index (χ1) is 8.33. The summed E-state index contributed by atoms with van der Waals surface area (Å²) in [6.45, 7) is 0. The Kier molecular flexibility index (Phi) is 2.57. The van der Waals surface area contributed by atoms with Crippen molar-refractivity contribution in [2.75, 3.05) is 0 Å². The molecule has 4 heteroatoms. The molecule has 0 aliphatic rings. The van der Waals surface area contributed by atoms with Crippen molar-refractivity contribution in [2.24, 2.45) is 0 Å². The van der Waals surface area contributed by atoms with Crippen molar-refractivity contribution in [3.05, 3.63) is 53.0 Å². The Bertz CT molecular complexity index is 668. The summed E-state index contributed by atoms with van der Waals surface area (Å²) in [5, 5.41) is 8.30. The van der Waals surface area contributed by atoms with Crippen molar-refractivity contribution in [3.63, 3.8) is 0 Å². The lowest BCUT2D eigenvalue weighted by atomic mass is 10.2. The highest BCUT2D eigenvalue weighted by Gasteiger charge is 2.04. The number of benzene rings is 2. The fraction of sp³-hybridized carbons (Fsp3) is 0. The van der Waals surface area contributed by atoms with Crippen molar-refractivity contribution in [1.29, 1.82) is 0 Å². The first kappa shape index (κ1) is 10.4. The van der Waals surface area contributed by atoms with E-state index < -0.39 is 0 Å². The normalized spacial score (nSPS) is 10.6. The zero-order valence-electron chi connectivity index (χ0n) is 8.84. The van der Waals surface area contributed by atoms with E-state index in [0.717, 1.165) is 21.1 Å². The van der Waals surface area contributed by atoms with Crippen LogP contribution in [0.3, 0.4) is 0 Å². The minimum atomic E-state index is 0.649. The Balaban J connectivity index is 2.19. The molecule has 0 N–H and O–H groups in total. The Hall–Kier alpha value is -1.81. The Morgan fingerprint density at radius 2 is 1.65 bits per heavy atom. The molecule has 3 aromatic rings. The second-order valence-corrected chi connectivity index (χ2v) is 4.55. The maximum Gasteiger partial charge on any atom is 0.182 e. The van der Waals surface area contributed by atoms with Crippen LogP contribution in [-0.2, 0) is 0 Å². The summed E-state index contributed by atoms with van der Waals surface area (Å²) < 4.78 is 0.990. The number of nitrogens with zero attached hydrogens (tertiary/aromatic N) is 3. The second kappa shape index (κ2) is 4.22. The third-order valence-corrected chi connectivity index (χ3v) is 2.94. The monoisotopic (exact) mass is 285 g/mol. The molecule has 0 fully saturated rings. The standard InChI is InChI=1S/C13H8BrN3/c14-10-6-7-11-12(8-10)15-13(17-16-11)9-4-2-1-3-5-9/h1-8H. The van der Waals surface area contributed by atoms with Crippen LogP contribution in [0.5, 0.6) is 0 Å². The van der Waals surface area contributed by atoms with Gasteiger partial charge in [0.1, 0.15) is 5.52 Å². The quantitative estimate of drug-likeness (QED) is 0.687. The number of rotatable bonds is 1. The minimum Gasteiger partial charge on any atom is -0.225 e. The van der Waals surface area contributed by atoms with Gasteiger partial charge in [-0.15, -0.1) is 10.2 Å². The molecule has 0 radical (unpaired) electrons. The molecule has 1 heterocycles. The molecule has 0 saturated heterocycles. The third-order valence-electron chi connectivity index (χ3n) is 2.45. The molecular formula is C13H8BrN3. The van der Waals surface area contributed by atoms with Crippen LogP contribution in [0.25, 0.3) is 22.4 Å². The van der Waals surface area contributed by atoms with Gasteiger partial charge in [0.25, 0.3) is 0 Å². The van der Waals surface area contributed by atoms with Gasteiger partial charge < -0.3 is 0 Å². The van der Waals surface area contributed by atoms with Crippen LogP contribution in [0.15, 0.2) is 53.0 Å². The number of aromatic nitrogens is 3. The predicted molar refractivity (Wildman–Crippen MR) is 70.5 cm³/mol. The molecule has 2 aromatic carbocycles. The first-order valence-electron chi connectivity index (χ1n) is 5.18. The molecule has 17 heavy (non-hydrogen) atoms. The molecule has 0 aliphatic heterocycles. The van der Waals surface area contributed by atoms with Crippen molar-refractivity contribution in [2.45, 2.75) is 0 Å². The SMILES string of the molecule is Brc1ccc2nnc(-c3ccccc3)nc2c1. The number of fused-ring (bicyclic) bond motifs is 1. The Labute approximate surface area is 107 Å². The average molecular weight is 286 g/mol. The highest BCUT2D eigenvalue weighted by atomic mass is 79.9. The molecule has 82 valence electrons. The van der Waals surface area contributed by atoms with E-state index in [1.165, 1.54) is 0 Å². The fourth-order valence-electron chi connectivity index (χ4n) is 1.62. The van der Waals surface area contributed by atoms with Gasteiger partial charge in [-0.25, -0.2) is 4.98 Å². The topological polar surface area (TPSA) is 38.7 Å².